The van der Waals surface area contributed by atoms with Gasteiger partial charge in [-0.3, -0.25) is 0 Å². The van der Waals surface area contributed by atoms with Crippen LogP contribution in [-0.4, -0.2) is 28.6 Å². The van der Waals surface area contributed by atoms with E-state index < -0.39 is 10.0 Å². The third-order valence-electron chi connectivity index (χ3n) is 4.42. The second-order valence-electron chi connectivity index (χ2n) is 5.96. The zero-order chi connectivity index (χ0) is 15.6. The van der Waals surface area contributed by atoms with Crippen LogP contribution in [-0.2, 0) is 10.0 Å². The fourth-order valence-electron chi connectivity index (χ4n) is 3.06. The average molecular weight is 311 g/mol. The molecule has 0 aromatic heterocycles. The maximum Gasteiger partial charge on any atom is 0.240 e. The van der Waals surface area contributed by atoms with Crippen molar-refractivity contribution in [3.8, 4) is 0 Å². The molecule has 6 heteroatoms. The summed E-state index contributed by atoms with van der Waals surface area (Å²) in [7, 11) is -0.0260. The van der Waals surface area contributed by atoms with Crippen LogP contribution in [0.1, 0.15) is 32.6 Å². The predicted octanol–water partition coefficient (Wildman–Crippen LogP) is 2.19. The highest BCUT2D eigenvalue weighted by Crippen LogP contribution is 2.33. The van der Waals surface area contributed by atoms with Crippen LogP contribution in [0.4, 0.5) is 11.4 Å². The van der Waals surface area contributed by atoms with Crippen molar-refractivity contribution < 1.29 is 8.42 Å². The lowest BCUT2D eigenvalue weighted by Gasteiger charge is -2.36. The van der Waals surface area contributed by atoms with Gasteiger partial charge >= 0.3 is 0 Å². The van der Waals surface area contributed by atoms with Gasteiger partial charge in [-0.2, -0.15) is 0 Å². The number of anilines is 2. The van der Waals surface area contributed by atoms with Crippen molar-refractivity contribution in [2.24, 2.45) is 5.92 Å². The van der Waals surface area contributed by atoms with E-state index in [0.29, 0.717) is 17.6 Å². The number of sulfonamides is 1. The lowest BCUT2D eigenvalue weighted by Crippen LogP contribution is -2.36. The molecule has 21 heavy (non-hydrogen) atoms. The van der Waals surface area contributed by atoms with Crippen LogP contribution < -0.4 is 15.4 Å². The second-order valence-corrected chi connectivity index (χ2v) is 7.85. The first kappa shape index (κ1) is 16.1. The monoisotopic (exact) mass is 311 g/mol. The molecule has 0 saturated heterocycles. The summed E-state index contributed by atoms with van der Waals surface area (Å²) in [6, 6.07) is 5.30. The summed E-state index contributed by atoms with van der Waals surface area (Å²) in [4.78, 5) is 2.39. The molecule has 2 rings (SSSR count). The van der Waals surface area contributed by atoms with E-state index in [4.69, 9.17) is 5.73 Å². The minimum absolute atomic E-state index is 0.255. The smallest absolute Gasteiger partial charge is 0.240 e. The highest BCUT2D eigenvalue weighted by atomic mass is 32.2. The third kappa shape index (κ3) is 3.49. The van der Waals surface area contributed by atoms with Gasteiger partial charge in [0.1, 0.15) is 0 Å². The van der Waals surface area contributed by atoms with Gasteiger partial charge in [0.05, 0.1) is 16.3 Å². The molecule has 1 aliphatic rings. The van der Waals surface area contributed by atoms with Crippen molar-refractivity contribution in [2.75, 3.05) is 24.7 Å². The van der Waals surface area contributed by atoms with Gasteiger partial charge in [-0.25, -0.2) is 13.1 Å². The van der Waals surface area contributed by atoms with Crippen LogP contribution in [0.3, 0.4) is 0 Å². The Morgan fingerprint density at radius 3 is 2.67 bits per heavy atom. The maximum atomic E-state index is 11.9. The van der Waals surface area contributed by atoms with Crippen molar-refractivity contribution in [3.63, 3.8) is 0 Å². The van der Waals surface area contributed by atoms with Crippen molar-refractivity contribution in [3.05, 3.63) is 18.2 Å². The highest BCUT2D eigenvalue weighted by molar-refractivity contribution is 7.89. The first-order valence-corrected chi connectivity index (χ1v) is 8.89. The van der Waals surface area contributed by atoms with Crippen LogP contribution in [0.5, 0.6) is 0 Å². The van der Waals surface area contributed by atoms with Crippen LogP contribution in [0, 0.1) is 5.92 Å². The van der Waals surface area contributed by atoms with Gasteiger partial charge in [0.15, 0.2) is 0 Å². The molecule has 1 aromatic rings. The number of nitrogen functional groups attached to an aromatic ring is 1. The molecule has 118 valence electrons. The second kappa shape index (κ2) is 6.23. The maximum absolute atomic E-state index is 11.9. The van der Waals surface area contributed by atoms with Crippen LogP contribution in [0.2, 0.25) is 0 Å². The molecule has 0 amide bonds. The van der Waals surface area contributed by atoms with E-state index in [-0.39, 0.29) is 4.90 Å². The quantitative estimate of drug-likeness (QED) is 0.836. The lowest BCUT2D eigenvalue weighted by atomic mass is 9.86. The van der Waals surface area contributed by atoms with E-state index in [1.165, 1.54) is 19.9 Å². The van der Waals surface area contributed by atoms with E-state index in [1.807, 2.05) is 7.05 Å². The SMILES string of the molecule is CNS(=O)(=O)c1ccc(N)c(N(C)C2CCCC(C)C2)c1. The molecule has 1 fully saturated rings. The lowest BCUT2D eigenvalue weighted by molar-refractivity contribution is 0.336. The topological polar surface area (TPSA) is 75.4 Å². The fraction of sp³-hybridized carbons (Fsp3) is 0.600. The molecule has 2 unspecified atom stereocenters. The van der Waals surface area contributed by atoms with Gasteiger partial charge in [0, 0.05) is 13.1 Å². The molecule has 0 heterocycles. The summed E-state index contributed by atoms with van der Waals surface area (Å²) in [6.07, 6.45) is 4.74. The van der Waals surface area contributed by atoms with Crippen molar-refractivity contribution in [2.45, 2.75) is 43.5 Å². The molecule has 0 aliphatic heterocycles. The van der Waals surface area contributed by atoms with Gasteiger partial charge in [-0.15, -0.1) is 0 Å². The van der Waals surface area contributed by atoms with Crippen LogP contribution in [0.15, 0.2) is 23.1 Å². The van der Waals surface area contributed by atoms with Gasteiger partial charge in [-0.1, -0.05) is 19.8 Å². The van der Waals surface area contributed by atoms with Crippen LogP contribution in [0.25, 0.3) is 0 Å². The Kier molecular flexibility index (Phi) is 4.78. The molecular formula is C15H25N3O2S. The molecular weight excluding hydrogens is 286 g/mol. The minimum Gasteiger partial charge on any atom is -0.397 e. The van der Waals surface area contributed by atoms with E-state index in [1.54, 1.807) is 18.2 Å². The van der Waals surface area contributed by atoms with E-state index in [9.17, 15) is 8.42 Å². The number of rotatable bonds is 4. The summed E-state index contributed by atoms with van der Waals surface area (Å²) in [6.45, 7) is 2.27. The standard InChI is InChI=1S/C15H25N3O2S/c1-11-5-4-6-12(9-11)18(3)15-10-13(7-8-14(15)16)21(19,20)17-2/h7-8,10-12,17H,4-6,9,16H2,1-3H3. The molecule has 3 N–H and O–H groups in total. The zero-order valence-electron chi connectivity index (χ0n) is 13.0. The third-order valence-corrected chi connectivity index (χ3v) is 5.83. The summed E-state index contributed by atoms with van der Waals surface area (Å²) < 4.78 is 26.2. The molecule has 1 aromatic carbocycles. The van der Waals surface area contributed by atoms with Gasteiger partial charge in [0.2, 0.25) is 10.0 Å². The summed E-state index contributed by atoms with van der Waals surface area (Å²) >= 11 is 0. The number of nitrogens with one attached hydrogen (secondary N) is 1. The molecule has 1 saturated carbocycles. The first-order chi connectivity index (χ1) is 9.85. The Labute approximate surface area is 127 Å². The molecule has 5 nitrogen and oxygen atoms in total. The molecule has 2 atom stereocenters. The largest absolute Gasteiger partial charge is 0.397 e. The van der Waals surface area contributed by atoms with Crippen molar-refractivity contribution in [1.82, 2.24) is 4.72 Å². The van der Waals surface area contributed by atoms with E-state index in [2.05, 4.69) is 16.5 Å². The average Bonchev–Trinajstić information content (AvgIpc) is 2.47. The molecule has 1 aliphatic carbocycles. The number of hydrogen-bond acceptors (Lipinski definition) is 4. The number of hydrogen-bond donors (Lipinski definition) is 2. The van der Waals surface area contributed by atoms with Gasteiger partial charge in [0.25, 0.3) is 0 Å². The molecule has 0 spiro atoms. The summed E-state index contributed by atoms with van der Waals surface area (Å²) in [5.41, 5.74) is 7.47. The van der Waals surface area contributed by atoms with Crippen molar-refractivity contribution in [1.29, 1.82) is 0 Å². The summed E-state index contributed by atoms with van der Waals surface area (Å²) in [5, 5.41) is 0. The van der Waals surface area contributed by atoms with Gasteiger partial charge in [-0.05, 0) is 44.0 Å². The Balaban J connectivity index is 2.32. The number of nitrogens with zero attached hydrogens (tertiary/aromatic N) is 1. The number of benzene rings is 1. The Morgan fingerprint density at radius 2 is 2.05 bits per heavy atom. The first-order valence-electron chi connectivity index (χ1n) is 7.41. The van der Waals surface area contributed by atoms with E-state index >= 15 is 0 Å². The Morgan fingerprint density at radius 1 is 1.33 bits per heavy atom. The minimum atomic E-state index is -3.44. The molecule has 0 radical (unpaired) electrons. The van der Waals surface area contributed by atoms with Crippen LogP contribution >= 0.6 is 0 Å². The molecule has 0 bridgehead atoms. The Bertz CT molecular complexity index is 601. The van der Waals surface area contributed by atoms with Crippen molar-refractivity contribution >= 4 is 21.4 Å². The zero-order valence-corrected chi connectivity index (χ0v) is 13.8. The summed E-state index contributed by atoms with van der Waals surface area (Å²) in [5.74, 6) is 0.705. The Hall–Kier alpha value is -1.27. The predicted molar refractivity (Wildman–Crippen MR) is 86.9 cm³/mol. The number of nitrogens with two attached hydrogens (primary N) is 1. The van der Waals surface area contributed by atoms with Gasteiger partial charge < -0.3 is 10.6 Å². The fourth-order valence-corrected chi connectivity index (χ4v) is 3.81. The van der Waals surface area contributed by atoms with E-state index in [0.717, 1.165) is 18.5 Å². The highest BCUT2D eigenvalue weighted by Gasteiger charge is 2.24. The normalized spacial score (nSPS) is 23.0.